The predicted octanol–water partition coefficient (Wildman–Crippen LogP) is 1.29. The molecule has 2 rings (SSSR count). The second-order valence-electron chi connectivity index (χ2n) is 4.69. The zero-order chi connectivity index (χ0) is 13.7. The second-order valence-corrected chi connectivity index (χ2v) is 4.69. The van der Waals surface area contributed by atoms with Gasteiger partial charge in [-0.2, -0.15) is 0 Å². The van der Waals surface area contributed by atoms with Crippen LogP contribution in [0.1, 0.15) is 24.2 Å². The molecular weight excluding hydrogens is 240 g/mol. The number of piperazine rings is 1. The van der Waals surface area contributed by atoms with Gasteiger partial charge in [-0.3, -0.25) is 4.79 Å². The minimum Gasteiger partial charge on any atom is -0.370 e. The summed E-state index contributed by atoms with van der Waals surface area (Å²) in [6.45, 7) is 9.59. The van der Waals surface area contributed by atoms with E-state index in [1.54, 1.807) is 12.3 Å². The molecule has 1 aliphatic heterocycles. The van der Waals surface area contributed by atoms with Gasteiger partial charge in [0.15, 0.2) is 0 Å². The van der Waals surface area contributed by atoms with Crippen LogP contribution in [0.5, 0.6) is 0 Å². The van der Waals surface area contributed by atoms with Crippen molar-refractivity contribution in [2.75, 3.05) is 44.6 Å². The Bertz CT molecular complexity index is 427. The fourth-order valence-electron chi connectivity index (χ4n) is 2.29. The Morgan fingerprint density at radius 3 is 2.68 bits per heavy atom. The number of carbonyl (C=O) groups excluding carboxylic acids is 1. The molecule has 0 aromatic carbocycles. The molecule has 1 fully saturated rings. The summed E-state index contributed by atoms with van der Waals surface area (Å²) in [6, 6.07) is 3.62. The summed E-state index contributed by atoms with van der Waals surface area (Å²) in [5, 5.41) is 3.13. The van der Waals surface area contributed by atoms with Crippen LogP contribution in [-0.4, -0.2) is 60.0 Å². The van der Waals surface area contributed by atoms with E-state index in [9.17, 15) is 4.79 Å². The lowest BCUT2D eigenvalue weighted by Gasteiger charge is -2.34. The zero-order valence-electron chi connectivity index (χ0n) is 11.7. The van der Waals surface area contributed by atoms with Crippen LogP contribution in [0.25, 0.3) is 0 Å². The van der Waals surface area contributed by atoms with Crippen molar-refractivity contribution in [2.24, 2.45) is 0 Å². The van der Waals surface area contributed by atoms with E-state index in [1.165, 1.54) is 0 Å². The van der Waals surface area contributed by atoms with Crippen LogP contribution in [0.3, 0.4) is 0 Å². The van der Waals surface area contributed by atoms with Crippen molar-refractivity contribution in [2.45, 2.75) is 13.8 Å². The SMILES string of the molecule is CCNc1cc(C(=O)N2CCN(CC)CC2)ccn1. The normalized spacial score (nSPS) is 16.4. The number of pyridine rings is 1. The molecule has 104 valence electrons. The molecule has 5 heteroatoms. The lowest BCUT2D eigenvalue weighted by molar-refractivity contribution is 0.0643. The van der Waals surface area contributed by atoms with Crippen molar-refractivity contribution < 1.29 is 4.79 Å². The number of amides is 1. The van der Waals surface area contributed by atoms with Gasteiger partial charge in [0, 0.05) is 44.5 Å². The maximum absolute atomic E-state index is 12.4. The molecule has 2 heterocycles. The van der Waals surface area contributed by atoms with Crippen LogP contribution in [0.4, 0.5) is 5.82 Å². The van der Waals surface area contributed by atoms with E-state index in [0.29, 0.717) is 0 Å². The molecule has 0 saturated carbocycles. The highest BCUT2D eigenvalue weighted by Gasteiger charge is 2.21. The topological polar surface area (TPSA) is 48.5 Å². The molecule has 5 nitrogen and oxygen atoms in total. The molecule has 0 radical (unpaired) electrons. The van der Waals surface area contributed by atoms with E-state index in [4.69, 9.17) is 0 Å². The number of nitrogens with one attached hydrogen (secondary N) is 1. The fraction of sp³-hybridized carbons (Fsp3) is 0.571. The van der Waals surface area contributed by atoms with Gasteiger partial charge in [-0.15, -0.1) is 0 Å². The van der Waals surface area contributed by atoms with Crippen molar-refractivity contribution in [1.29, 1.82) is 0 Å². The lowest BCUT2D eigenvalue weighted by Crippen LogP contribution is -2.48. The Morgan fingerprint density at radius 2 is 2.05 bits per heavy atom. The average Bonchev–Trinajstić information content (AvgIpc) is 2.47. The maximum atomic E-state index is 12.4. The summed E-state index contributed by atoms with van der Waals surface area (Å²) < 4.78 is 0. The third kappa shape index (κ3) is 3.44. The number of aromatic nitrogens is 1. The highest BCUT2D eigenvalue weighted by atomic mass is 16.2. The minimum absolute atomic E-state index is 0.109. The first kappa shape index (κ1) is 13.8. The number of likely N-dealkylation sites (N-methyl/N-ethyl adjacent to an activating group) is 1. The summed E-state index contributed by atoms with van der Waals surface area (Å²) in [5.74, 6) is 0.873. The quantitative estimate of drug-likeness (QED) is 0.888. The van der Waals surface area contributed by atoms with Gasteiger partial charge >= 0.3 is 0 Å². The van der Waals surface area contributed by atoms with Gasteiger partial charge in [0.2, 0.25) is 0 Å². The minimum atomic E-state index is 0.109. The van der Waals surface area contributed by atoms with Crippen molar-refractivity contribution >= 4 is 11.7 Å². The van der Waals surface area contributed by atoms with Crippen LogP contribution in [-0.2, 0) is 0 Å². The van der Waals surface area contributed by atoms with E-state index < -0.39 is 0 Å². The van der Waals surface area contributed by atoms with Crippen molar-refractivity contribution in [3.8, 4) is 0 Å². The predicted molar refractivity (Wildman–Crippen MR) is 76.4 cm³/mol. The second kappa shape index (κ2) is 6.52. The monoisotopic (exact) mass is 262 g/mol. The molecule has 19 heavy (non-hydrogen) atoms. The Kier molecular flexibility index (Phi) is 4.74. The molecule has 0 unspecified atom stereocenters. The lowest BCUT2D eigenvalue weighted by atomic mass is 10.2. The molecule has 0 aliphatic carbocycles. The number of anilines is 1. The number of hydrogen-bond donors (Lipinski definition) is 1. The van der Waals surface area contributed by atoms with Crippen LogP contribution in [0.2, 0.25) is 0 Å². The molecule has 1 aromatic rings. The van der Waals surface area contributed by atoms with Crippen molar-refractivity contribution in [3.63, 3.8) is 0 Å². The third-order valence-electron chi connectivity index (χ3n) is 3.47. The first-order chi connectivity index (χ1) is 9.24. The van der Waals surface area contributed by atoms with Gasteiger partial charge in [0.1, 0.15) is 5.82 Å². The first-order valence-corrected chi connectivity index (χ1v) is 6.96. The van der Waals surface area contributed by atoms with Crippen LogP contribution < -0.4 is 5.32 Å². The molecule has 1 aromatic heterocycles. The van der Waals surface area contributed by atoms with E-state index >= 15 is 0 Å². The fourth-order valence-corrected chi connectivity index (χ4v) is 2.29. The number of carbonyl (C=O) groups is 1. The standard InChI is InChI=1S/C14H22N4O/c1-3-15-13-11-12(5-6-16-13)14(19)18-9-7-17(4-2)8-10-18/h5-6,11H,3-4,7-10H2,1-2H3,(H,15,16). The summed E-state index contributed by atoms with van der Waals surface area (Å²) in [4.78, 5) is 20.9. The van der Waals surface area contributed by atoms with Gasteiger partial charge in [-0.25, -0.2) is 4.98 Å². The largest absolute Gasteiger partial charge is 0.370 e. The number of nitrogens with zero attached hydrogens (tertiary/aromatic N) is 3. The molecule has 1 saturated heterocycles. The summed E-state index contributed by atoms with van der Waals surface area (Å²) in [7, 11) is 0. The smallest absolute Gasteiger partial charge is 0.254 e. The van der Waals surface area contributed by atoms with E-state index in [-0.39, 0.29) is 5.91 Å². The van der Waals surface area contributed by atoms with Gasteiger partial charge in [0.25, 0.3) is 5.91 Å². The molecule has 0 atom stereocenters. The van der Waals surface area contributed by atoms with Gasteiger partial charge in [0.05, 0.1) is 0 Å². The molecule has 1 aliphatic rings. The van der Waals surface area contributed by atoms with Crippen molar-refractivity contribution in [1.82, 2.24) is 14.8 Å². The Morgan fingerprint density at radius 1 is 1.32 bits per heavy atom. The highest BCUT2D eigenvalue weighted by Crippen LogP contribution is 2.11. The average molecular weight is 262 g/mol. The number of hydrogen-bond acceptors (Lipinski definition) is 4. The highest BCUT2D eigenvalue weighted by molar-refractivity contribution is 5.94. The van der Waals surface area contributed by atoms with Crippen LogP contribution >= 0.6 is 0 Å². The maximum Gasteiger partial charge on any atom is 0.254 e. The van der Waals surface area contributed by atoms with E-state index in [2.05, 4.69) is 22.1 Å². The van der Waals surface area contributed by atoms with E-state index in [1.807, 2.05) is 17.9 Å². The Labute approximate surface area is 114 Å². The number of rotatable bonds is 4. The van der Waals surface area contributed by atoms with Crippen molar-refractivity contribution in [3.05, 3.63) is 23.9 Å². The third-order valence-corrected chi connectivity index (χ3v) is 3.47. The molecule has 0 spiro atoms. The van der Waals surface area contributed by atoms with Crippen LogP contribution in [0.15, 0.2) is 18.3 Å². The molecule has 0 bridgehead atoms. The summed E-state index contributed by atoms with van der Waals surface area (Å²) >= 11 is 0. The molecule has 1 amide bonds. The Hall–Kier alpha value is -1.62. The zero-order valence-corrected chi connectivity index (χ0v) is 11.7. The first-order valence-electron chi connectivity index (χ1n) is 6.96. The molecular formula is C14H22N4O. The van der Waals surface area contributed by atoms with E-state index in [0.717, 1.165) is 50.6 Å². The summed E-state index contributed by atoms with van der Waals surface area (Å²) in [6.07, 6.45) is 1.69. The van der Waals surface area contributed by atoms with Gasteiger partial charge in [-0.05, 0) is 25.6 Å². The van der Waals surface area contributed by atoms with Crippen LogP contribution in [0, 0.1) is 0 Å². The Balaban J connectivity index is 2.01. The summed E-state index contributed by atoms with van der Waals surface area (Å²) in [5.41, 5.74) is 0.718. The van der Waals surface area contributed by atoms with Gasteiger partial charge < -0.3 is 15.1 Å². The molecule has 1 N–H and O–H groups in total. The van der Waals surface area contributed by atoms with Gasteiger partial charge in [-0.1, -0.05) is 6.92 Å².